The van der Waals surface area contributed by atoms with E-state index in [4.69, 9.17) is 0 Å². The van der Waals surface area contributed by atoms with Gasteiger partial charge in [0.25, 0.3) is 0 Å². The molecule has 0 spiro atoms. The van der Waals surface area contributed by atoms with Gasteiger partial charge in [0.15, 0.2) is 0 Å². The summed E-state index contributed by atoms with van der Waals surface area (Å²) in [5.74, 6) is 6.62. The second-order valence-corrected chi connectivity index (χ2v) is 10.9. The number of hydrogen-bond donors (Lipinski definition) is 2. The van der Waals surface area contributed by atoms with Crippen LogP contribution < -0.4 is 5.32 Å². The molecular weight excluding hydrogens is 484 g/mol. The van der Waals surface area contributed by atoms with Gasteiger partial charge in [0, 0.05) is 60.5 Å². The maximum Gasteiger partial charge on any atom is 0.321 e. The Morgan fingerprint density at radius 3 is 2.26 bits per heavy atom. The maximum absolute atomic E-state index is 13.5. The predicted molar refractivity (Wildman–Crippen MR) is 157 cm³/mol. The predicted octanol–water partition coefficient (Wildman–Crippen LogP) is 4.39. The molecule has 2 N–H and O–H groups in total. The van der Waals surface area contributed by atoms with Crippen LogP contribution in [0, 0.1) is 18.8 Å². The molecule has 5 rings (SSSR count). The van der Waals surface area contributed by atoms with E-state index in [2.05, 4.69) is 65.3 Å². The molecule has 3 aromatic carbocycles. The Kier molecular flexibility index (Phi) is 8.33. The molecular formula is C33H38N4O2. The van der Waals surface area contributed by atoms with Crippen molar-refractivity contribution < 1.29 is 9.90 Å². The molecule has 4 atom stereocenters. The number of carbonyl (C=O) groups is 1. The van der Waals surface area contributed by atoms with E-state index in [1.165, 1.54) is 5.56 Å². The zero-order valence-corrected chi connectivity index (χ0v) is 23.0. The van der Waals surface area contributed by atoms with Gasteiger partial charge in [-0.3, -0.25) is 4.90 Å². The smallest absolute Gasteiger partial charge is 0.321 e. The van der Waals surface area contributed by atoms with Gasteiger partial charge in [-0.2, -0.15) is 0 Å². The van der Waals surface area contributed by atoms with Crippen molar-refractivity contribution in [2.45, 2.75) is 37.4 Å². The van der Waals surface area contributed by atoms with Crippen LogP contribution in [0.5, 0.6) is 0 Å². The fraction of sp³-hybridized carbons (Fsp3) is 0.364. The first-order chi connectivity index (χ1) is 18.9. The van der Waals surface area contributed by atoms with Gasteiger partial charge in [0.2, 0.25) is 0 Å². The van der Waals surface area contributed by atoms with Gasteiger partial charge in [-0.05, 0) is 69.4 Å². The molecule has 2 fully saturated rings. The monoisotopic (exact) mass is 522 g/mol. The molecule has 0 unspecified atom stereocenters. The van der Waals surface area contributed by atoms with Crippen molar-refractivity contribution in [3.63, 3.8) is 0 Å². The fourth-order valence-corrected chi connectivity index (χ4v) is 5.85. The summed E-state index contributed by atoms with van der Waals surface area (Å²) in [6.45, 7) is 4.32. The Hall–Kier alpha value is -3.63. The minimum atomic E-state index is -0.0784. The van der Waals surface area contributed by atoms with Gasteiger partial charge in [0.1, 0.15) is 0 Å². The Bertz CT molecular complexity index is 1310. The molecule has 6 heteroatoms. The number of urea groups is 1. The van der Waals surface area contributed by atoms with Crippen molar-refractivity contribution in [2.24, 2.45) is 0 Å². The molecule has 2 aliphatic rings. The molecule has 3 aromatic rings. The average molecular weight is 523 g/mol. The molecule has 2 amide bonds. The van der Waals surface area contributed by atoms with E-state index in [1.807, 2.05) is 66.4 Å². The van der Waals surface area contributed by atoms with Crippen LogP contribution in [0.25, 0.3) is 0 Å². The number of hydrogen-bond acceptors (Lipinski definition) is 4. The highest BCUT2D eigenvalue weighted by atomic mass is 16.3. The van der Waals surface area contributed by atoms with Gasteiger partial charge in [-0.15, -0.1) is 0 Å². The van der Waals surface area contributed by atoms with Crippen LogP contribution in [0.3, 0.4) is 0 Å². The Labute approximate surface area is 232 Å². The lowest BCUT2D eigenvalue weighted by Crippen LogP contribution is -2.69. The first-order valence-corrected chi connectivity index (χ1v) is 13.8. The van der Waals surface area contributed by atoms with E-state index in [0.29, 0.717) is 13.1 Å². The number of nitrogens with one attached hydrogen (secondary N) is 1. The molecule has 0 bridgehead atoms. The van der Waals surface area contributed by atoms with Gasteiger partial charge in [0.05, 0.1) is 6.61 Å². The lowest BCUT2D eigenvalue weighted by molar-refractivity contribution is -0.0654. The summed E-state index contributed by atoms with van der Waals surface area (Å²) in [7, 11) is 4.15. The summed E-state index contributed by atoms with van der Waals surface area (Å²) >= 11 is 0. The van der Waals surface area contributed by atoms with Crippen LogP contribution in [0.1, 0.15) is 34.6 Å². The SMILES string of the molecule is Cc1ccc(NC(=O)N2C[C@@H](N(C)C)CCN3[C@H](CO)[C@H](c4ccc(C#Cc5ccccc5)cc4)[C@@H]3C2)cc1. The third-order valence-corrected chi connectivity index (χ3v) is 8.17. The number of aliphatic hydroxyl groups is 1. The topological polar surface area (TPSA) is 59.1 Å². The van der Waals surface area contributed by atoms with Crippen LogP contribution in [-0.4, -0.2) is 84.3 Å². The highest BCUT2D eigenvalue weighted by molar-refractivity contribution is 5.89. The second kappa shape index (κ2) is 12.0. The molecule has 0 saturated carbocycles. The van der Waals surface area contributed by atoms with E-state index in [9.17, 15) is 9.90 Å². The minimum Gasteiger partial charge on any atom is -0.395 e. The van der Waals surface area contributed by atoms with Crippen molar-refractivity contribution in [1.82, 2.24) is 14.7 Å². The normalized spacial score (nSPS) is 23.1. The molecule has 0 aromatic heterocycles. The van der Waals surface area contributed by atoms with Crippen molar-refractivity contribution >= 4 is 11.7 Å². The highest BCUT2D eigenvalue weighted by Gasteiger charge is 2.50. The van der Waals surface area contributed by atoms with E-state index in [1.54, 1.807) is 0 Å². The van der Waals surface area contributed by atoms with Gasteiger partial charge in [-0.25, -0.2) is 4.79 Å². The average Bonchev–Trinajstić information content (AvgIpc) is 2.93. The maximum atomic E-state index is 13.5. The van der Waals surface area contributed by atoms with Crippen LogP contribution in [0.4, 0.5) is 10.5 Å². The molecule has 2 saturated heterocycles. The number of rotatable bonds is 4. The summed E-state index contributed by atoms with van der Waals surface area (Å²) in [5, 5.41) is 13.5. The minimum absolute atomic E-state index is 0.0409. The lowest BCUT2D eigenvalue weighted by atomic mass is 9.74. The number of anilines is 1. The summed E-state index contributed by atoms with van der Waals surface area (Å²) < 4.78 is 0. The quantitative estimate of drug-likeness (QED) is 0.499. The van der Waals surface area contributed by atoms with E-state index >= 15 is 0 Å². The summed E-state index contributed by atoms with van der Waals surface area (Å²) in [4.78, 5) is 20.1. The zero-order chi connectivity index (χ0) is 27.4. The number of benzene rings is 3. The van der Waals surface area contributed by atoms with Crippen LogP contribution in [0.2, 0.25) is 0 Å². The largest absolute Gasteiger partial charge is 0.395 e. The molecule has 0 radical (unpaired) electrons. The Morgan fingerprint density at radius 1 is 0.949 bits per heavy atom. The van der Waals surface area contributed by atoms with Crippen molar-refractivity contribution in [3.8, 4) is 11.8 Å². The van der Waals surface area contributed by atoms with Crippen molar-refractivity contribution in [2.75, 3.05) is 45.7 Å². The number of amides is 2. The van der Waals surface area contributed by atoms with E-state index in [0.717, 1.165) is 35.3 Å². The van der Waals surface area contributed by atoms with E-state index in [-0.39, 0.29) is 36.7 Å². The van der Waals surface area contributed by atoms with Crippen molar-refractivity contribution in [3.05, 3.63) is 101 Å². The number of aryl methyl sites for hydroxylation is 1. The zero-order valence-electron chi connectivity index (χ0n) is 23.0. The highest BCUT2D eigenvalue weighted by Crippen LogP contribution is 2.42. The summed E-state index contributed by atoms with van der Waals surface area (Å²) in [6, 6.07) is 26.7. The fourth-order valence-electron chi connectivity index (χ4n) is 5.85. The number of fused-ring (bicyclic) bond motifs is 1. The summed E-state index contributed by atoms with van der Waals surface area (Å²) in [6.07, 6.45) is 0.940. The molecule has 2 aliphatic heterocycles. The lowest BCUT2D eigenvalue weighted by Gasteiger charge is -2.57. The molecule has 202 valence electrons. The number of aliphatic hydroxyl groups excluding tert-OH is 1. The summed E-state index contributed by atoms with van der Waals surface area (Å²) in [5.41, 5.74) is 5.10. The van der Waals surface area contributed by atoms with Crippen molar-refractivity contribution in [1.29, 1.82) is 0 Å². The second-order valence-electron chi connectivity index (χ2n) is 10.9. The van der Waals surface area contributed by atoms with E-state index < -0.39 is 0 Å². The van der Waals surface area contributed by atoms with Crippen LogP contribution >= 0.6 is 0 Å². The molecule has 6 nitrogen and oxygen atoms in total. The van der Waals surface area contributed by atoms with Gasteiger partial charge >= 0.3 is 6.03 Å². The van der Waals surface area contributed by atoms with Gasteiger partial charge < -0.3 is 20.2 Å². The third kappa shape index (κ3) is 6.17. The van der Waals surface area contributed by atoms with Gasteiger partial charge in [-0.1, -0.05) is 59.9 Å². The third-order valence-electron chi connectivity index (χ3n) is 8.17. The standard InChI is InChI=1S/C33H38N4O2/c1-24-9-17-28(18-10-24)34-33(39)36-21-29(35(2)3)19-20-37-30(22-36)32(31(37)23-38)27-15-13-26(14-16-27)12-11-25-7-5-4-6-8-25/h4-10,13-18,29-32,38H,19-23H2,1-3H3,(H,34,39)/t29-,30-,31+,32+/m0/s1. The number of carbonyl (C=O) groups excluding carboxylic acids is 1. The van der Waals surface area contributed by atoms with Crippen LogP contribution in [0.15, 0.2) is 78.9 Å². The first-order valence-electron chi connectivity index (χ1n) is 13.8. The molecule has 39 heavy (non-hydrogen) atoms. The Balaban J connectivity index is 1.36. The Morgan fingerprint density at radius 2 is 1.62 bits per heavy atom. The number of likely N-dealkylation sites (N-methyl/N-ethyl adjacent to an activating group) is 1. The van der Waals surface area contributed by atoms with Crippen LogP contribution in [-0.2, 0) is 0 Å². The number of nitrogens with zero attached hydrogens (tertiary/aromatic N) is 3. The first kappa shape index (κ1) is 27.0. The molecule has 0 aliphatic carbocycles. The molecule has 2 heterocycles.